The zero-order valence-corrected chi connectivity index (χ0v) is 24.6. The number of aliphatic hydroxyl groups is 1. The Morgan fingerprint density at radius 1 is 0.907 bits per heavy atom. The number of ether oxygens (including phenoxy) is 3. The van der Waals surface area contributed by atoms with Crippen molar-refractivity contribution in [2.75, 3.05) is 19.1 Å². The average molecular weight is 593 g/mol. The molecule has 1 aliphatic rings. The van der Waals surface area contributed by atoms with Crippen LogP contribution < -0.4 is 19.1 Å². The summed E-state index contributed by atoms with van der Waals surface area (Å²) in [5, 5.41) is 11.8. The predicted octanol–water partition coefficient (Wildman–Crippen LogP) is 6.83. The summed E-state index contributed by atoms with van der Waals surface area (Å²) in [7, 11) is 3.10. The third-order valence-electron chi connectivity index (χ3n) is 7.30. The molecule has 5 aromatic rings. The number of hydrogen-bond donors (Lipinski definition) is 1. The summed E-state index contributed by atoms with van der Waals surface area (Å²) in [4.78, 5) is 33.4. The molecule has 8 nitrogen and oxygen atoms in total. The molecule has 0 spiro atoms. The number of aromatic nitrogens is 1. The van der Waals surface area contributed by atoms with Crippen LogP contribution in [0.2, 0.25) is 0 Å². The number of ketones is 1. The lowest BCUT2D eigenvalue weighted by atomic mass is 9.95. The normalized spacial score (nSPS) is 16.1. The number of thiazole rings is 1. The minimum Gasteiger partial charge on any atom is -0.507 e. The van der Waals surface area contributed by atoms with Gasteiger partial charge in [-0.05, 0) is 48.4 Å². The van der Waals surface area contributed by atoms with Crippen molar-refractivity contribution in [1.29, 1.82) is 0 Å². The van der Waals surface area contributed by atoms with Gasteiger partial charge in [0.2, 0.25) is 0 Å². The molecule has 2 heterocycles. The van der Waals surface area contributed by atoms with Crippen molar-refractivity contribution in [3.63, 3.8) is 0 Å². The van der Waals surface area contributed by atoms with Gasteiger partial charge in [-0.15, -0.1) is 0 Å². The van der Waals surface area contributed by atoms with E-state index in [0.717, 1.165) is 15.8 Å². The number of hydrogen-bond acceptors (Lipinski definition) is 8. The minimum absolute atomic E-state index is 0.0364. The number of fused-ring (bicyclic) bond motifs is 1. The molecule has 1 unspecified atom stereocenters. The predicted molar refractivity (Wildman–Crippen MR) is 166 cm³/mol. The van der Waals surface area contributed by atoms with E-state index in [4.69, 9.17) is 14.2 Å². The third-order valence-corrected chi connectivity index (χ3v) is 8.32. The number of aryl methyl sites for hydroxylation is 1. The summed E-state index contributed by atoms with van der Waals surface area (Å²) in [5.41, 5.74) is 3.58. The Kier molecular flexibility index (Phi) is 7.56. The van der Waals surface area contributed by atoms with Crippen molar-refractivity contribution in [3.8, 4) is 17.2 Å². The van der Waals surface area contributed by atoms with Crippen LogP contribution in [0.1, 0.15) is 28.3 Å². The Labute approximate surface area is 252 Å². The SMILES string of the molecule is COc1ccc2nc(N3C(=O)C(=O)C(=C(O)c4ccc(C)cc4)C3c3ccc(OCc4ccccc4)c(OC)c3)sc2c1. The molecule has 43 heavy (non-hydrogen) atoms. The first kappa shape index (κ1) is 28.0. The van der Waals surface area contributed by atoms with Crippen LogP contribution in [0.15, 0.2) is 96.6 Å². The Hall–Kier alpha value is -5.15. The highest BCUT2D eigenvalue weighted by molar-refractivity contribution is 7.22. The standard InChI is InChI=1S/C34H28N2O6S/c1-20-9-11-22(12-10-20)31(37)29-30(23-13-16-26(27(17-23)41-3)42-19-21-7-5-4-6-8-21)36(33(39)32(29)38)34-35-25-15-14-24(40-2)18-28(25)43-34/h4-18,30,37H,19H2,1-3H3. The lowest BCUT2D eigenvalue weighted by molar-refractivity contribution is -0.132. The van der Waals surface area contributed by atoms with Gasteiger partial charge in [-0.1, -0.05) is 77.6 Å². The van der Waals surface area contributed by atoms with Crippen molar-refractivity contribution in [2.45, 2.75) is 19.6 Å². The lowest BCUT2D eigenvalue weighted by Gasteiger charge is -2.24. The van der Waals surface area contributed by atoms with E-state index in [9.17, 15) is 14.7 Å². The van der Waals surface area contributed by atoms with Gasteiger partial charge < -0.3 is 19.3 Å². The van der Waals surface area contributed by atoms with Crippen molar-refractivity contribution in [3.05, 3.63) is 119 Å². The minimum atomic E-state index is -0.971. The molecular weight excluding hydrogens is 564 g/mol. The van der Waals surface area contributed by atoms with Crippen molar-refractivity contribution >= 4 is 44.1 Å². The van der Waals surface area contributed by atoms with E-state index in [1.165, 1.54) is 23.3 Å². The zero-order chi connectivity index (χ0) is 30.1. The maximum Gasteiger partial charge on any atom is 0.301 e. The number of carbonyl (C=O) groups excluding carboxylic acids is 2. The van der Waals surface area contributed by atoms with E-state index in [-0.39, 0.29) is 11.3 Å². The largest absolute Gasteiger partial charge is 0.507 e. The maximum atomic E-state index is 13.7. The summed E-state index contributed by atoms with van der Waals surface area (Å²) >= 11 is 1.26. The van der Waals surface area contributed by atoms with Crippen LogP contribution in [0.4, 0.5) is 5.13 Å². The molecule has 0 radical (unpaired) electrons. The first-order valence-electron chi connectivity index (χ1n) is 13.5. The molecule has 6 rings (SSSR count). The second kappa shape index (κ2) is 11.6. The maximum absolute atomic E-state index is 13.7. The number of rotatable bonds is 8. The Morgan fingerprint density at radius 2 is 1.67 bits per heavy atom. The fraction of sp³-hybridized carbons (Fsp3) is 0.147. The molecule has 0 bridgehead atoms. The number of nitrogens with zero attached hydrogens (tertiary/aromatic N) is 2. The molecule has 9 heteroatoms. The molecule has 4 aromatic carbocycles. The summed E-state index contributed by atoms with van der Waals surface area (Å²) in [6.45, 7) is 2.26. The molecule has 1 aromatic heterocycles. The number of anilines is 1. The summed E-state index contributed by atoms with van der Waals surface area (Å²) in [6, 6.07) is 26.5. The van der Waals surface area contributed by atoms with Crippen LogP contribution in [0.25, 0.3) is 16.0 Å². The number of aliphatic hydroxyl groups excluding tert-OH is 1. The van der Waals surface area contributed by atoms with E-state index in [2.05, 4.69) is 4.98 Å². The molecule has 0 aliphatic carbocycles. The highest BCUT2D eigenvalue weighted by Gasteiger charge is 2.48. The van der Waals surface area contributed by atoms with Crippen LogP contribution in [-0.2, 0) is 16.2 Å². The average Bonchev–Trinajstić information content (AvgIpc) is 3.57. The van der Waals surface area contributed by atoms with Crippen LogP contribution in [0, 0.1) is 6.92 Å². The third kappa shape index (κ3) is 5.30. The second-order valence-corrected chi connectivity index (χ2v) is 11.1. The van der Waals surface area contributed by atoms with Gasteiger partial charge in [0.15, 0.2) is 16.6 Å². The first-order chi connectivity index (χ1) is 20.9. The van der Waals surface area contributed by atoms with Crippen molar-refractivity contribution in [1.82, 2.24) is 4.98 Å². The van der Waals surface area contributed by atoms with E-state index in [1.807, 2.05) is 55.5 Å². The molecule has 1 aliphatic heterocycles. The van der Waals surface area contributed by atoms with E-state index >= 15 is 0 Å². The quantitative estimate of drug-likeness (QED) is 0.120. The van der Waals surface area contributed by atoms with Crippen LogP contribution in [-0.4, -0.2) is 36.0 Å². The molecule has 1 fully saturated rings. The van der Waals surface area contributed by atoms with Gasteiger partial charge >= 0.3 is 5.91 Å². The molecule has 216 valence electrons. The van der Waals surface area contributed by atoms with E-state index < -0.39 is 17.7 Å². The van der Waals surface area contributed by atoms with Crippen LogP contribution in [0.3, 0.4) is 0 Å². The Morgan fingerprint density at radius 3 is 2.40 bits per heavy atom. The second-order valence-electron chi connectivity index (χ2n) is 10.0. The zero-order valence-electron chi connectivity index (χ0n) is 23.7. The number of Topliss-reactive ketones (excluding diaryl/α,β-unsaturated/α-hetero) is 1. The summed E-state index contributed by atoms with van der Waals surface area (Å²) < 4.78 is 17.9. The van der Waals surface area contributed by atoms with Gasteiger partial charge in [-0.25, -0.2) is 4.98 Å². The fourth-order valence-electron chi connectivity index (χ4n) is 5.04. The Bertz CT molecular complexity index is 1860. The van der Waals surface area contributed by atoms with Crippen LogP contribution >= 0.6 is 11.3 Å². The monoisotopic (exact) mass is 592 g/mol. The molecular formula is C34H28N2O6S. The summed E-state index contributed by atoms with van der Waals surface area (Å²) in [5.74, 6) is -0.286. The fourth-order valence-corrected chi connectivity index (χ4v) is 6.06. The number of amides is 1. The van der Waals surface area contributed by atoms with Crippen LogP contribution in [0.5, 0.6) is 17.2 Å². The van der Waals surface area contributed by atoms with Gasteiger partial charge in [0.25, 0.3) is 5.78 Å². The van der Waals surface area contributed by atoms with Crippen molar-refractivity contribution < 1.29 is 28.9 Å². The van der Waals surface area contributed by atoms with Crippen molar-refractivity contribution in [2.24, 2.45) is 0 Å². The van der Waals surface area contributed by atoms with E-state index in [0.29, 0.717) is 45.6 Å². The Balaban J connectivity index is 1.47. The number of benzene rings is 4. The highest BCUT2D eigenvalue weighted by Crippen LogP contribution is 2.46. The molecule has 1 N–H and O–H groups in total. The summed E-state index contributed by atoms with van der Waals surface area (Å²) in [6.07, 6.45) is 0. The van der Waals surface area contributed by atoms with Gasteiger partial charge in [0, 0.05) is 5.56 Å². The van der Waals surface area contributed by atoms with Gasteiger partial charge in [0.1, 0.15) is 18.1 Å². The molecule has 1 amide bonds. The van der Waals surface area contributed by atoms with E-state index in [1.54, 1.807) is 49.6 Å². The smallest absolute Gasteiger partial charge is 0.301 e. The molecule has 1 atom stereocenters. The molecule has 0 saturated carbocycles. The number of carbonyl (C=O) groups is 2. The topological polar surface area (TPSA) is 98.2 Å². The lowest BCUT2D eigenvalue weighted by Crippen LogP contribution is -2.29. The van der Waals surface area contributed by atoms with Gasteiger partial charge in [-0.2, -0.15) is 0 Å². The van der Waals surface area contributed by atoms with Gasteiger partial charge in [0.05, 0.1) is 36.1 Å². The number of methoxy groups -OCH3 is 2. The molecule has 1 saturated heterocycles. The first-order valence-corrected chi connectivity index (χ1v) is 14.4. The van der Waals surface area contributed by atoms with Gasteiger partial charge in [-0.3, -0.25) is 14.5 Å². The highest BCUT2D eigenvalue weighted by atomic mass is 32.1.